The summed E-state index contributed by atoms with van der Waals surface area (Å²) in [4.78, 5) is 4.95. The molecule has 1 fully saturated rings. The first-order valence-electron chi connectivity index (χ1n) is 7.72. The summed E-state index contributed by atoms with van der Waals surface area (Å²) >= 11 is 0. The first-order valence-corrected chi connectivity index (χ1v) is 7.72. The lowest BCUT2D eigenvalue weighted by molar-refractivity contribution is 0.432. The van der Waals surface area contributed by atoms with Crippen molar-refractivity contribution in [2.75, 3.05) is 24.7 Å². The Morgan fingerprint density at radius 3 is 2.05 bits per heavy atom. The molecule has 0 unspecified atom stereocenters. The summed E-state index contributed by atoms with van der Waals surface area (Å²) < 4.78 is 0. The van der Waals surface area contributed by atoms with E-state index in [1.165, 1.54) is 33.6 Å². The highest BCUT2D eigenvalue weighted by atomic mass is 15.4. The maximum Gasteiger partial charge on any atom is 0.0904 e. The van der Waals surface area contributed by atoms with Crippen LogP contribution < -0.4 is 4.90 Å². The van der Waals surface area contributed by atoms with Crippen LogP contribution in [-0.4, -0.2) is 24.7 Å². The monoisotopic (exact) mass is 284 g/mol. The Balaban J connectivity index is 2.28. The molecule has 2 rings (SSSR count). The van der Waals surface area contributed by atoms with Crippen molar-refractivity contribution >= 4 is 5.69 Å². The highest BCUT2D eigenvalue weighted by Gasteiger charge is 2.24. The van der Waals surface area contributed by atoms with Crippen molar-refractivity contribution in [2.45, 2.75) is 41.5 Å². The number of rotatable bonds is 3. The summed E-state index contributed by atoms with van der Waals surface area (Å²) in [6.45, 7) is 20.3. The summed E-state index contributed by atoms with van der Waals surface area (Å²) in [5, 5.41) is 0. The zero-order valence-electron chi connectivity index (χ0n) is 14.4. The molecule has 1 saturated heterocycles. The van der Waals surface area contributed by atoms with Crippen molar-refractivity contribution in [3.8, 4) is 0 Å². The van der Waals surface area contributed by atoms with Crippen molar-refractivity contribution in [1.82, 2.24) is 4.90 Å². The number of nitrogens with zero attached hydrogens (tertiary/aromatic N) is 2. The van der Waals surface area contributed by atoms with Crippen molar-refractivity contribution in [3.63, 3.8) is 0 Å². The Hall–Kier alpha value is -1.70. The Kier molecular flexibility index (Phi) is 4.46. The first kappa shape index (κ1) is 15.7. The van der Waals surface area contributed by atoms with Gasteiger partial charge in [-0.2, -0.15) is 0 Å². The van der Waals surface area contributed by atoms with E-state index in [4.69, 9.17) is 0 Å². The second kappa shape index (κ2) is 5.97. The van der Waals surface area contributed by atoms with Crippen molar-refractivity contribution < 1.29 is 0 Å². The summed E-state index contributed by atoms with van der Waals surface area (Å²) in [5.74, 6) is 0. The van der Waals surface area contributed by atoms with Gasteiger partial charge in [-0.15, -0.1) is 0 Å². The highest BCUT2D eigenvalue weighted by Crippen LogP contribution is 2.30. The molecule has 0 aromatic heterocycles. The van der Waals surface area contributed by atoms with Gasteiger partial charge in [0.2, 0.25) is 0 Å². The van der Waals surface area contributed by atoms with Gasteiger partial charge in [0.05, 0.1) is 6.67 Å². The van der Waals surface area contributed by atoms with E-state index in [-0.39, 0.29) is 0 Å². The summed E-state index contributed by atoms with van der Waals surface area (Å²) in [7, 11) is 0. The third-order valence-corrected chi connectivity index (χ3v) is 4.13. The molecule has 1 aliphatic rings. The summed E-state index contributed by atoms with van der Waals surface area (Å²) in [5.41, 5.74) is 9.33. The fourth-order valence-corrected chi connectivity index (χ4v) is 3.64. The number of allylic oxidation sites excluding steroid dienone is 2. The molecule has 1 aromatic rings. The first-order chi connectivity index (χ1) is 9.81. The van der Waals surface area contributed by atoms with E-state index in [1.54, 1.807) is 0 Å². The van der Waals surface area contributed by atoms with E-state index in [1.807, 2.05) is 0 Å². The minimum atomic E-state index is 0.956. The summed E-state index contributed by atoms with van der Waals surface area (Å²) in [6.07, 6.45) is 0. The van der Waals surface area contributed by atoms with Crippen LogP contribution in [0.3, 0.4) is 0 Å². The van der Waals surface area contributed by atoms with Crippen LogP contribution in [0.15, 0.2) is 35.6 Å². The van der Waals surface area contributed by atoms with Crippen LogP contribution in [0, 0.1) is 20.8 Å². The number of hydrogen-bond acceptors (Lipinski definition) is 2. The van der Waals surface area contributed by atoms with Crippen LogP contribution in [0.5, 0.6) is 0 Å². The van der Waals surface area contributed by atoms with Crippen molar-refractivity contribution in [2.24, 2.45) is 0 Å². The lowest BCUT2D eigenvalue weighted by Crippen LogP contribution is -2.26. The molecule has 0 bridgehead atoms. The van der Waals surface area contributed by atoms with Gasteiger partial charge in [0.15, 0.2) is 0 Å². The average Bonchev–Trinajstić information content (AvgIpc) is 2.75. The van der Waals surface area contributed by atoms with Gasteiger partial charge in [0.25, 0.3) is 0 Å². The highest BCUT2D eigenvalue weighted by molar-refractivity contribution is 5.61. The molecule has 0 amide bonds. The molecule has 0 atom stereocenters. The van der Waals surface area contributed by atoms with E-state index in [0.717, 1.165) is 25.3 Å². The molecule has 0 saturated carbocycles. The van der Waals surface area contributed by atoms with Crippen LogP contribution in [0.2, 0.25) is 0 Å². The number of anilines is 1. The zero-order chi connectivity index (χ0) is 15.7. The van der Waals surface area contributed by atoms with E-state index < -0.39 is 0 Å². The predicted molar refractivity (Wildman–Crippen MR) is 92.8 cm³/mol. The fourth-order valence-electron chi connectivity index (χ4n) is 3.64. The molecule has 2 heteroatoms. The third-order valence-electron chi connectivity index (χ3n) is 4.13. The van der Waals surface area contributed by atoms with Gasteiger partial charge in [0.1, 0.15) is 0 Å². The molecular weight excluding hydrogens is 256 g/mol. The van der Waals surface area contributed by atoms with Gasteiger partial charge in [-0.3, -0.25) is 0 Å². The lowest BCUT2D eigenvalue weighted by Gasteiger charge is -2.27. The fraction of sp³-hybridized carbons (Fsp3) is 0.474. The smallest absolute Gasteiger partial charge is 0.0904 e. The maximum absolute atomic E-state index is 4.15. The second-order valence-corrected chi connectivity index (χ2v) is 6.54. The molecule has 0 spiro atoms. The predicted octanol–water partition coefficient (Wildman–Crippen LogP) is 4.56. The zero-order valence-corrected chi connectivity index (χ0v) is 14.4. The molecule has 1 heterocycles. The number of hydrogen-bond donors (Lipinski definition) is 0. The van der Waals surface area contributed by atoms with Gasteiger partial charge in [0, 0.05) is 24.5 Å². The molecule has 1 aromatic carbocycles. The largest absolute Gasteiger partial charge is 0.352 e. The van der Waals surface area contributed by atoms with Crippen LogP contribution >= 0.6 is 0 Å². The molecular formula is C19H28N2. The molecule has 114 valence electrons. The normalized spacial score (nSPS) is 14.6. The Bertz CT molecular complexity index is 569. The number of aryl methyl sites for hydroxylation is 3. The van der Waals surface area contributed by atoms with Crippen molar-refractivity contribution in [1.29, 1.82) is 0 Å². The lowest BCUT2D eigenvalue weighted by atomic mass is 10.0. The third kappa shape index (κ3) is 3.15. The molecule has 0 aliphatic carbocycles. The van der Waals surface area contributed by atoms with Gasteiger partial charge in [-0.1, -0.05) is 29.8 Å². The topological polar surface area (TPSA) is 6.48 Å². The molecule has 21 heavy (non-hydrogen) atoms. The van der Waals surface area contributed by atoms with E-state index in [2.05, 4.69) is 70.1 Å². The Morgan fingerprint density at radius 1 is 1.00 bits per heavy atom. The molecule has 0 radical (unpaired) electrons. The minimum absolute atomic E-state index is 0.956. The molecule has 1 aliphatic heterocycles. The van der Waals surface area contributed by atoms with Crippen LogP contribution in [0.25, 0.3) is 0 Å². The van der Waals surface area contributed by atoms with E-state index in [9.17, 15) is 0 Å². The van der Waals surface area contributed by atoms with Crippen LogP contribution in [-0.2, 0) is 0 Å². The average molecular weight is 284 g/mol. The quantitative estimate of drug-likeness (QED) is 0.751. The second-order valence-electron chi connectivity index (χ2n) is 6.54. The van der Waals surface area contributed by atoms with Gasteiger partial charge >= 0.3 is 0 Å². The van der Waals surface area contributed by atoms with Gasteiger partial charge in [-0.05, 0) is 58.2 Å². The summed E-state index contributed by atoms with van der Waals surface area (Å²) in [6, 6.07) is 4.57. The standard InChI is InChI=1S/C19H28N2/c1-13(2)18(14(3)4)20-8-9-21(12-20)19-16(6)10-15(5)11-17(19)7/h10-11H,1,8-9,12H2,2-7H3. The van der Waals surface area contributed by atoms with E-state index in [0.29, 0.717) is 0 Å². The van der Waals surface area contributed by atoms with E-state index >= 15 is 0 Å². The van der Waals surface area contributed by atoms with Crippen LogP contribution in [0.4, 0.5) is 5.69 Å². The van der Waals surface area contributed by atoms with Crippen molar-refractivity contribution in [3.05, 3.63) is 52.2 Å². The molecule has 2 nitrogen and oxygen atoms in total. The van der Waals surface area contributed by atoms with Gasteiger partial charge < -0.3 is 9.80 Å². The Labute approximate surface area is 129 Å². The number of benzene rings is 1. The Morgan fingerprint density at radius 2 is 1.57 bits per heavy atom. The maximum atomic E-state index is 4.15. The van der Waals surface area contributed by atoms with Crippen LogP contribution in [0.1, 0.15) is 37.5 Å². The SMILES string of the molecule is C=C(C)C(=C(C)C)N1CCN(c2c(C)cc(C)cc2C)C1. The molecule has 0 N–H and O–H groups in total. The minimum Gasteiger partial charge on any atom is -0.352 e. The van der Waals surface area contributed by atoms with Gasteiger partial charge in [-0.25, -0.2) is 0 Å².